The Hall–Kier alpha value is -2.12. The van der Waals surface area contributed by atoms with Crippen molar-refractivity contribution in [1.82, 2.24) is 4.98 Å². The summed E-state index contributed by atoms with van der Waals surface area (Å²) in [4.78, 5) is 25.5. The molecule has 6 nitrogen and oxygen atoms in total. The van der Waals surface area contributed by atoms with Gasteiger partial charge in [0.05, 0.1) is 15.0 Å². The van der Waals surface area contributed by atoms with E-state index in [4.69, 9.17) is 11.6 Å². The summed E-state index contributed by atoms with van der Waals surface area (Å²) in [5.74, 6) is -1.06. The van der Waals surface area contributed by atoms with Crippen LogP contribution in [-0.4, -0.2) is 21.0 Å². The fraction of sp³-hybridized carbons (Fsp3) is 0.0769. The molecule has 8 heteroatoms. The Morgan fingerprint density at radius 2 is 2.14 bits per heavy atom. The van der Waals surface area contributed by atoms with Gasteiger partial charge in [0.25, 0.3) is 5.69 Å². The van der Waals surface area contributed by atoms with E-state index in [0.29, 0.717) is 15.6 Å². The topological polar surface area (TPSA) is 93.3 Å². The lowest BCUT2D eigenvalue weighted by Crippen LogP contribution is -2.06. The largest absolute Gasteiger partial charge is 0.477 e. The van der Waals surface area contributed by atoms with Crippen LogP contribution in [-0.2, 0) is 5.75 Å². The van der Waals surface area contributed by atoms with Crippen molar-refractivity contribution in [3.05, 3.63) is 62.8 Å². The van der Waals surface area contributed by atoms with Crippen molar-refractivity contribution < 1.29 is 14.8 Å². The summed E-state index contributed by atoms with van der Waals surface area (Å²) in [5.41, 5.74) is -0.327. The number of carboxylic acids is 1. The predicted octanol–water partition coefficient (Wildman–Crippen LogP) is 3.63. The van der Waals surface area contributed by atoms with E-state index in [1.165, 1.54) is 30.1 Å². The number of nitro groups is 1. The highest BCUT2D eigenvalue weighted by molar-refractivity contribution is 7.98. The van der Waals surface area contributed by atoms with Crippen LogP contribution in [0, 0.1) is 10.1 Å². The molecule has 0 atom stereocenters. The number of halogens is 1. The SMILES string of the molecule is O=C(O)c1c(CSc2ccc(Cl)cn2)cccc1[N+](=O)[O-]. The maximum absolute atomic E-state index is 11.3. The second-order valence-corrected chi connectivity index (χ2v) is 5.41. The first kappa shape index (κ1) is 15.3. The molecule has 1 aromatic heterocycles. The number of hydrogen-bond acceptors (Lipinski definition) is 5. The first-order valence-corrected chi connectivity index (χ1v) is 7.09. The van der Waals surface area contributed by atoms with Gasteiger partial charge in [-0.05, 0) is 17.7 Å². The number of benzene rings is 1. The third-order valence-electron chi connectivity index (χ3n) is 2.62. The Balaban J connectivity index is 2.27. The maximum Gasteiger partial charge on any atom is 0.343 e. The summed E-state index contributed by atoms with van der Waals surface area (Å²) in [7, 11) is 0. The van der Waals surface area contributed by atoms with Crippen LogP contribution in [0.2, 0.25) is 5.02 Å². The molecule has 1 N–H and O–H groups in total. The summed E-state index contributed by atoms with van der Waals surface area (Å²) < 4.78 is 0. The van der Waals surface area contributed by atoms with Gasteiger partial charge in [-0.2, -0.15) is 0 Å². The lowest BCUT2D eigenvalue weighted by molar-refractivity contribution is -0.385. The monoisotopic (exact) mass is 324 g/mol. The number of thioether (sulfide) groups is 1. The predicted molar refractivity (Wildman–Crippen MR) is 78.9 cm³/mol. The van der Waals surface area contributed by atoms with Gasteiger partial charge in [-0.15, -0.1) is 11.8 Å². The molecule has 0 aliphatic carbocycles. The van der Waals surface area contributed by atoms with Gasteiger partial charge in [-0.3, -0.25) is 10.1 Å². The number of hydrogen-bond donors (Lipinski definition) is 1. The Bertz CT molecular complexity index is 691. The van der Waals surface area contributed by atoms with Gasteiger partial charge in [0.15, 0.2) is 0 Å². The molecule has 0 saturated carbocycles. The smallest absolute Gasteiger partial charge is 0.343 e. The van der Waals surface area contributed by atoms with Crippen molar-refractivity contribution in [3.8, 4) is 0 Å². The Morgan fingerprint density at radius 3 is 2.71 bits per heavy atom. The van der Waals surface area contributed by atoms with E-state index in [0.717, 1.165) is 0 Å². The summed E-state index contributed by atoms with van der Waals surface area (Å²) in [5, 5.41) is 21.2. The highest BCUT2D eigenvalue weighted by Gasteiger charge is 2.23. The second kappa shape index (κ2) is 6.55. The van der Waals surface area contributed by atoms with Crippen LogP contribution in [0.1, 0.15) is 15.9 Å². The zero-order valence-corrected chi connectivity index (χ0v) is 12.1. The summed E-state index contributed by atoms with van der Waals surface area (Å²) in [6, 6.07) is 7.57. The molecule has 0 aliphatic heterocycles. The molecule has 0 bridgehead atoms. The van der Waals surface area contributed by atoms with Crippen LogP contribution in [0.4, 0.5) is 5.69 Å². The molecule has 0 fully saturated rings. The van der Waals surface area contributed by atoms with Crippen molar-refractivity contribution in [1.29, 1.82) is 0 Å². The van der Waals surface area contributed by atoms with Gasteiger partial charge in [-0.25, -0.2) is 9.78 Å². The van der Waals surface area contributed by atoms with Crippen molar-refractivity contribution in [2.75, 3.05) is 0 Å². The zero-order chi connectivity index (χ0) is 15.4. The van der Waals surface area contributed by atoms with Crippen LogP contribution >= 0.6 is 23.4 Å². The number of aromatic nitrogens is 1. The molecule has 1 aromatic carbocycles. The standard InChI is InChI=1S/C13H9ClN2O4S/c14-9-4-5-11(15-6-9)21-7-8-2-1-3-10(16(19)20)12(8)13(17)18/h1-6H,7H2,(H,17,18). The van der Waals surface area contributed by atoms with E-state index in [9.17, 15) is 20.0 Å². The van der Waals surface area contributed by atoms with Crippen molar-refractivity contribution in [2.45, 2.75) is 10.8 Å². The molecule has 0 radical (unpaired) electrons. The average Bonchev–Trinajstić information content (AvgIpc) is 2.46. The highest BCUT2D eigenvalue weighted by Crippen LogP contribution is 2.28. The maximum atomic E-state index is 11.3. The molecule has 0 amide bonds. The van der Waals surface area contributed by atoms with Crippen LogP contribution in [0.5, 0.6) is 0 Å². The van der Waals surface area contributed by atoms with Crippen molar-refractivity contribution >= 4 is 35.0 Å². The second-order valence-electron chi connectivity index (χ2n) is 3.98. The van der Waals surface area contributed by atoms with E-state index in [1.54, 1.807) is 18.2 Å². The molecule has 1 heterocycles. The number of pyridine rings is 1. The number of aromatic carboxylic acids is 1. The molecule has 0 unspecified atom stereocenters. The fourth-order valence-corrected chi connectivity index (χ4v) is 2.65. The van der Waals surface area contributed by atoms with E-state index in [-0.39, 0.29) is 11.3 Å². The van der Waals surface area contributed by atoms with Gasteiger partial charge in [-0.1, -0.05) is 23.7 Å². The summed E-state index contributed by atoms with van der Waals surface area (Å²) in [6.45, 7) is 0. The minimum Gasteiger partial charge on any atom is -0.477 e. The van der Waals surface area contributed by atoms with Crippen LogP contribution in [0.15, 0.2) is 41.6 Å². The summed E-state index contributed by atoms with van der Waals surface area (Å²) in [6.07, 6.45) is 1.48. The molecule has 108 valence electrons. The van der Waals surface area contributed by atoms with Gasteiger partial charge < -0.3 is 5.11 Å². The Labute approximate surface area is 128 Å². The molecule has 0 saturated heterocycles. The van der Waals surface area contributed by atoms with E-state index >= 15 is 0 Å². The van der Waals surface area contributed by atoms with Crippen molar-refractivity contribution in [3.63, 3.8) is 0 Å². The van der Waals surface area contributed by atoms with Crippen LogP contribution in [0.25, 0.3) is 0 Å². The van der Waals surface area contributed by atoms with Crippen LogP contribution in [0.3, 0.4) is 0 Å². The minimum absolute atomic E-state index is 0.262. The van der Waals surface area contributed by atoms with Gasteiger partial charge in [0.2, 0.25) is 0 Å². The lowest BCUT2D eigenvalue weighted by Gasteiger charge is -2.06. The number of rotatable bonds is 5. The number of carboxylic acid groups (broad SMARTS) is 1. The third kappa shape index (κ3) is 3.71. The highest BCUT2D eigenvalue weighted by atomic mass is 35.5. The Kier molecular flexibility index (Phi) is 4.77. The molecular weight excluding hydrogens is 316 g/mol. The Morgan fingerprint density at radius 1 is 1.38 bits per heavy atom. The molecule has 0 spiro atoms. The fourth-order valence-electron chi connectivity index (χ4n) is 1.71. The van der Waals surface area contributed by atoms with Gasteiger partial charge >= 0.3 is 5.97 Å². The first-order valence-electron chi connectivity index (χ1n) is 5.73. The minimum atomic E-state index is -1.32. The van der Waals surface area contributed by atoms with Crippen LogP contribution < -0.4 is 0 Å². The van der Waals surface area contributed by atoms with Gasteiger partial charge in [0.1, 0.15) is 5.56 Å². The number of nitrogens with zero attached hydrogens (tertiary/aromatic N) is 2. The number of nitro benzene ring substituents is 1. The average molecular weight is 325 g/mol. The molecule has 2 rings (SSSR count). The molecular formula is C13H9ClN2O4S. The quantitative estimate of drug-likeness (QED) is 0.512. The molecule has 0 aliphatic rings. The van der Waals surface area contributed by atoms with Crippen molar-refractivity contribution in [2.24, 2.45) is 0 Å². The third-order valence-corrected chi connectivity index (χ3v) is 3.83. The first-order chi connectivity index (χ1) is 9.99. The summed E-state index contributed by atoms with van der Waals surface area (Å²) >= 11 is 7.01. The molecule has 21 heavy (non-hydrogen) atoms. The van der Waals surface area contributed by atoms with E-state index in [2.05, 4.69) is 4.98 Å². The number of carbonyl (C=O) groups is 1. The molecule has 2 aromatic rings. The van der Waals surface area contributed by atoms with Gasteiger partial charge in [0, 0.05) is 18.0 Å². The lowest BCUT2D eigenvalue weighted by atomic mass is 10.1. The van der Waals surface area contributed by atoms with E-state index in [1.807, 2.05) is 0 Å². The zero-order valence-electron chi connectivity index (χ0n) is 10.5. The normalized spacial score (nSPS) is 10.3. The van der Waals surface area contributed by atoms with E-state index < -0.39 is 16.6 Å².